The van der Waals surface area contributed by atoms with Crippen molar-refractivity contribution in [1.82, 2.24) is 14.9 Å². The van der Waals surface area contributed by atoms with Crippen LogP contribution in [0.2, 0.25) is 0 Å². The van der Waals surface area contributed by atoms with Crippen LogP contribution in [0.25, 0.3) is 5.69 Å². The smallest absolute Gasteiger partial charge is 0.161 e. The zero-order valence-corrected chi connectivity index (χ0v) is 10.4. The molecule has 1 aromatic heterocycles. The van der Waals surface area contributed by atoms with Gasteiger partial charge in [0.25, 0.3) is 0 Å². The first-order valence-corrected chi connectivity index (χ1v) is 6.16. The summed E-state index contributed by atoms with van der Waals surface area (Å²) in [4.78, 5) is 3.94. The third-order valence-electron chi connectivity index (χ3n) is 3.17. The molecule has 1 N–H and O–H groups in total. The first-order chi connectivity index (χ1) is 9.66. The van der Waals surface area contributed by atoms with E-state index in [0.717, 1.165) is 12.6 Å². The number of ether oxygens (including phenoxy) is 1. The summed E-state index contributed by atoms with van der Waals surface area (Å²) in [6.07, 6.45) is 2.57. The Labute approximate surface area is 113 Å². The number of rotatable bonds is 2. The second-order valence-electron chi connectivity index (χ2n) is 4.47. The summed E-state index contributed by atoms with van der Waals surface area (Å²) in [5.74, 6) is -3.18. The number of hydrogen-bond donors (Lipinski definition) is 1. The number of imidazole rings is 1. The van der Waals surface area contributed by atoms with Crippen LogP contribution in [-0.4, -0.2) is 29.2 Å². The summed E-state index contributed by atoms with van der Waals surface area (Å²) in [5, 5.41) is 3.14. The molecule has 1 aliphatic heterocycles. The Hall–Kier alpha value is -1.86. The van der Waals surface area contributed by atoms with Crippen molar-refractivity contribution >= 4 is 0 Å². The Kier molecular flexibility index (Phi) is 3.45. The normalized spacial score (nSPS) is 19.2. The van der Waals surface area contributed by atoms with Gasteiger partial charge in [-0.15, -0.1) is 0 Å². The molecule has 0 radical (unpaired) electrons. The molecule has 3 rings (SSSR count). The lowest BCUT2D eigenvalue weighted by Crippen LogP contribution is -2.34. The van der Waals surface area contributed by atoms with E-state index < -0.39 is 17.5 Å². The van der Waals surface area contributed by atoms with Crippen molar-refractivity contribution in [3.63, 3.8) is 0 Å². The third kappa shape index (κ3) is 2.30. The minimum Gasteiger partial charge on any atom is -0.369 e. The second-order valence-corrected chi connectivity index (χ2v) is 4.47. The average molecular weight is 283 g/mol. The van der Waals surface area contributed by atoms with Crippen molar-refractivity contribution in [2.45, 2.75) is 6.10 Å². The van der Waals surface area contributed by atoms with Gasteiger partial charge in [0.2, 0.25) is 0 Å². The van der Waals surface area contributed by atoms with E-state index in [2.05, 4.69) is 10.3 Å². The fraction of sp³-hybridized carbons (Fsp3) is 0.308. The molecule has 20 heavy (non-hydrogen) atoms. The number of nitrogens with zero attached hydrogens (tertiary/aromatic N) is 2. The lowest BCUT2D eigenvalue weighted by atomic mass is 10.2. The SMILES string of the molecule is Fc1cc(F)c(-n2cncc2C2CNCCO2)cc1F. The van der Waals surface area contributed by atoms with Gasteiger partial charge in [-0.1, -0.05) is 0 Å². The van der Waals surface area contributed by atoms with E-state index in [1.54, 1.807) is 0 Å². The van der Waals surface area contributed by atoms with Gasteiger partial charge in [0, 0.05) is 25.2 Å². The Morgan fingerprint density at radius 3 is 2.75 bits per heavy atom. The molecule has 2 aromatic rings. The lowest BCUT2D eigenvalue weighted by Gasteiger charge is -2.24. The summed E-state index contributed by atoms with van der Waals surface area (Å²) in [6.45, 7) is 1.82. The van der Waals surface area contributed by atoms with Crippen molar-refractivity contribution in [3.05, 3.63) is 47.8 Å². The number of hydrogen-bond acceptors (Lipinski definition) is 3. The van der Waals surface area contributed by atoms with Crippen LogP contribution in [0.1, 0.15) is 11.8 Å². The molecule has 4 nitrogen and oxygen atoms in total. The molecule has 0 spiro atoms. The van der Waals surface area contributed by atoms with Crippen LogP contribution >= 0.6 is 0 Å². The van der Waals surface area contributed by atoms with Gasteiger partial charge in [0.05, 0.1) is 30.5 Å². The lowest BCUT2D eigenvalue weighted by molar-refractivity contribution is 0.0240. The Morgan fingerprint density at radius 1 is 1.20 bits per heavy atom. The molecule has 0 saturated carbocycles. The number of benzene rings is 1. The Morgan fingerprint density at radius 2 is 2.00 bits per heavy atom. The van der Waals surface area contributed by atoms with Crippen LogP contribution in [0, 0.1) is 17.5 Å². The van der Waals surface area contributed by atoms with E-state index in [-0.39, 0.29) is 11.8 Å². The first kappa shape index (κ1) is 13.1. The molecule has 0 aliphatic carbocycles. The summed E-state index contributed by atoms with van der Waals surface area (Å²) in [5.41, 5.74) is 0.493. The molecule has 1 aliphatic rings. The molecule has 1 unspecified atom stereocenters. The van der Waals surface area contributed by atoms with Gasteiger partial charge in [0.1, 0.15) is 11.9 Å². The van der Waals surface area contributed by atoms with Crippen molar-refractivity contribution in [2.24, 2.45) is 0 Å². The number of morpholine rings is 1. The molecule has 106 valence electrons. The number of nitrogens with one attached hydrogen (secondary N) is 1. The maximum atomic E-state index is 13.8. The molecule has 1 fully saturated rings. The molecule has 0 amide bonds. The standard InChI is InChI=1S/C13H12F3N3O/c14-8-3-10(16)11(4-9(8)15)19-7-18-5-12(19)13-6-17-1-2-20-13/h3-5,7,13,17H,1-2,6H2. The first-order valence-electron chi connectivity index (χ1n) is 6.16. The van der Waals surface area contributed by atoms with Crippen LogP contribution in [0.15, 0.2) is 24.7 Å². The highest BCUT2D eigenvalue weighted by Crippen LogP contribution is 2.24. The highest BCUT2D eigenvalue weighted by atomic mass is 19.2. The third-order valence-corrected chi connectivity index (χ3v) is 3.17. The van der Waals surface area contributed by atoms with E-state index in [1.807, 2.05) is 0 Å². The van der Waals surface area contributed by atoms with Crippen LogP contribution in [-0.2, 0) is 4.74 Å². The molecular weight excluding hydrogens is 271 g/mol. The van der Waals surface area contributed by atoms with Gasteiger partial charge in [-0.25, -0.2) is 18.2 Å². The van der Waals surface area contributed by atoms with Crippen LogP contribution in [0.4, 0.5) is 13.2 Å². The monoisotopic (exact) mass is 283 g/mol. The molecule has 0 bridgehead atoms. The largest absolute Gasteiger partial charge is 0.369 e. The van der Waals surface area contributed by atoms with Crippen molar-refractivity contribution in [1.29, 1.82) is 0 Å². The fourth-order valence-corrected chi connectivity index (χ4v) is 2.20. The van der Waals surface area contributed by atoms with E-state index in [0.29, 0.717) is 24.9 Å². The summed E-state index contributed by atoms with van der Waals surface area (Å²) < 4.78 is 47.1. The van der Waals surface area contributed by atoms with Crippen molar-refractivity contribution in [2.75, 3.05) is 19.7 Å². The zero-order valence-electron chi connectivity index (χ0n) is 10.4. The van der Waals surface area contributed by atoms with Crippen molar-refractivity contribution in [3.8, 4) is 5.69 Å². The minimum absolute atomic E-state index is 0.0921. The predicted molar refractivity (Wildman–Crippen MR) is 65.0 cm³/mol. The Bertz CT molecular complexity index is 623. The van der Waals surface area contributed by atoms with Crippen LogP contribution in [0.5, 0.6) is 0 Å². The summed E-state index contributed by atoms with van der Waals surface area (Å²) in [6, 6.07) is 1.33. The predicted octanol–water partition coefficient (Wildman–Crippen LogP) is 1.95. The molecule has 7 heteroatoms. The molecule has 1 atom stereocenters. The van der Waals surface area contributed by atoms with E-state index in [1.165, 1.54) is 17.1 Å². The van der Waals surface area contributed by atoms with Crippen LogP contribution < -0.4 is 5.32 Å². The molecule has 1 saturated heterocycles. The quantitative estimate of drug-likeness (QED) is 0.856. The van der Waals surface area contributed by atoms with E-state index >= 15 is 0 Å². The van der Waals surface area contributed by atoms with Gasteiger partial charge < -0.3 is 10.1 Å². The van der Waals surface area contributed by atoms with Gasteiger partial charge in [-0.3, -0.25) is 4.57 Å². The maximum absolute atomic E-state index is 13.8. The van der Waals surface area contributed by atoms with Gasteiger partial charge in [0.15, 0.2) is 11.6 Å². The maximum Gasteiger partial charge on any atom is 0.161 e. The van der Waals surface area contributed by atoms with Gasteiger partial charge >= 0.3 is 0 Å². The Balaban J connectivity index is 2.03. The zero-order chi connectivity index (χ0) is 14.1. The van der Waals surface area contributed by atoms with Gasteiger partial charge in [-0.2, -0.15) is 0 Å². The topological polar surface area (TPSA) is 39.1 Å². The summed E-state index contributed by atoms with van der Waals surface area (Å²) in [7, 11) is 0. The van der Waals surface area contributed by atoms with E-state index in [9.17, 15) is 13.2 Å². The molecular formula is C13H12F3N3O. The highest BCUT2D eigenvalue weighted by Gasteiger charge is 2.22. The fourth-order valence-electron chi connectivity index (χ4n) is 2.20. The summed E-state index contributed by atoms with van der Waals surface area (Å²) >= 11 is 0. The van der Waals surface area contributed by atoms with Gasteiger partial charge in [-0.05, 0) is 0 Å². The highest BCUT2D eigenvalue weighted by molar-refractivity contribution is 5.37. The average Bonchev–Trinajstić information content (AvgIpc) is 2.93. The van der Waals surface area contributed by atoms with E-state index in [4.69, 9.17) is 4.74 Å². The van der Waals surface area contributed by atoms with Crippen LogP contribution in [0.3, 0.4) is 0 Å². The number of halogens is 3. The second kappa shape index (κ2) is 5.26. The minimum atomic E-state index is -1.22. The van der Waals surface area contributed by atoms with Crippen molar-refractivity contribution < 1.29 is 17.9 Å². The molecule has 1 aromatic carbocycles. The molecule has 2 heterocycles. The number of aromatic nitrogens is 2.